The number of nitrogens with zero attached hydrogens (tertiary/aromatic N) is 3. The monoisotopic (exact) mass is 593 g/mol. The van der Waals surface area contributed by atoms with Crippen molar-refractivity contribution in [3.8, 4) is 22.4 Å². The second-order valence-corrected chi connectivity index (χ2v) is 11.0. The van der Waals surface area contributed by atoms with E-state index in [1.807, 2.05) is 103 Å². The number of anilines is 4. The number of aromatic nitrogens is 3. The lowest BCUT2D eigenvalue weighted by atomic mass is 9.98. The van der Waals surface area contributed by atoms with Gasteiger partial charge in [0.05, 0.1) is 17.4 Å². The summed E-state index contributed by atoms with van der Waals surface area (Å²) in [5, 5.41) is 17.0. The van der Waals surface area contributed by atoms with Crippen LogP contribution in [0.1, 0.15) is 28.4 Å². The normalized spacial score (nSPS) is 12.4. The van der Waals surface area contributed by atoms with E-state index in [1.165, 1.54) is 18.1 Å². The zero-order chi connectivity index (χ0) is 30.8. The Hall–Kier alpha value is -5.80. The van der Waals surface area contributed by atoms with Gasteiger partial charge in [-0.05, 0) is 95.9 Å². The Bertz CT molecular complexity index is 2030. The summed E-state index contributed by atoms with van der Waals surface area (Å²) in [4.78, 5) is 29.3. The highest BCUT2D eigenvalue weighted by molar-refractivity contribution is 6.04. The zero-order valence-corrected chi connectivity index (χ0v) is 24.7. The number of carbonyl (C=O) groups is 2. The Balaban J connectivity index is 1.08. The minimum atomic E-state index is -0.129. The summed E-state index contributed by atoms with van der Waals surface area (Å²) in [5.41, 5.74) is 10.1. The first-order valence-electron chi connectivity index (χ1n) is 14.8. The van der Waals surface area contributed by atoms with Crippen LogP contribution in [0.3, 0.4) is 0 Å². The molecule has 2 amide bonds. The third-order valence-electron chi connectivity index (χ3n) is 7.83. The van der Waals surface area contributed by atoms with Gasteiger partial charge in [-0.2, -0.15) is 5.10 Å². The average Bonchev–Trinajstić information content (AvgIpc) is 3.55. The lowest BCUT2D eigenvalue weighted by molar-refractivity contribution is -0.114. The number of fused-ring (bicyclic) bond motifs is 2. The maximum absolute atomic E-state index is 12.9. The highest BCUT2D eigenvalue weighted by Gasteiger charge is 2.14. The van der Waals surface area contributed by atoms with Gasteiger partial charge < -0.3 is 21.3 Å². The van der Waals surface area contributed by atoms with Crippen molar-refractivity contribution in [1.29, 1.82) is 0 Å². The van der Waals surface area contributed by atoms with Crippen LogP contribution in [0.5, 0.6) is 0 Å². The summed E-state index contributed by atoms with van der Waals surface area (Å²) in [6.45, 7) is 3.27. The lowest BCUT2D eigenvalue weighted by Crippen LogP contribution is -2.24. The van der Waals surface area contributed by atoms with Crippen LogP contribution in [0, 0.1) is 0 Å². The molecule has 0 fully saturated rings. The van der Waals surface area contributed by atoms with E-state index in [9.17, 15) is 9.59 Å². The quantitative estimate of drug-likeness (QED) is 0.165. The van der Waals surface area contributed by atoms with E-state index >= 15 is 0 Å². The van der Waals surface area contributed by atoms with Crippen molar-refractivity contribution < 1.29 is 9.59 Å². The van der Waals surface area contributed by atoms with Crippen molar-refractivity contribution in [3.63, 3.8) is 0 Å². The number of hydrogen-bond donors (Lipinski definition) is 4. The van der Waals surface area contributed by atoms with Crippen LogP contribution in [0.15, 0.2) is 109 Å². The van der Waals surface area contributed by atoms with E-state index in [0.717, 1.165) is 58.8 Å². The molecule has 4 aromatic carbocycles. The molecule has 0 atom stereocenters. The van der Waals surface area contributed by atoms with Crippen LogP contribution < -0.4 is 21.3 Å². The van der Waals surface area contributed by atoms with Crippen molar-refractivity contribution in [2.24, 2.45) is 0 Å². The molecule has 0 bridgehead atoms. The van der Waals surface area contributed by atoms with Gasteiger partial charge in [-0.25, -0.2) is 9.50 Å². The Kier molecular flexibility index (Phi) is 7.51. The summed E-state index contributed by atoms with van der Waals surface area (Å²) in [6.07, 6.45) is 2.67. The van der Waals surface area contributed by atoms with Crippen molar-refractivity contribution in [2.75, 3.05) is 22.5 Å². The summed E-state index contributed by atoms with van der Waals surface area (Å²) in [5.74, 6) is 0.339. The standard InChI is InChI=1S/C36H31N7O2/c1-23(44)39-32-4-2-3-26(20-32)24-5-7-25(8-6-24)34-21-33-16-18-38-43(33)36(42-34)41-31-13-11-30(12-14-31)40-35(45)28-9-10-29-22-37-17-15-27(29)19-28/h2-14,16,18-21,37H,15,17,22H2,1H3,(H,39,44)(H,40,45)(H,41,42). The maximum Gasteiger partial charge on any atom is 0.255 e. The number of rotatable bonds is 7. The molecule has 0 unspecified atom stereocenters. The fourth-order valence-corrected chi connectivity index (χ4v) is 5.56. The van der Waals surface area contributed by atoms with Crippen LogP contribution in [-0.4, -0.2) is 33.0 Å². The Morgan fingerprint density at radius 2 is 1.56 bits per heavy atom. The van der Waals surface area contributed by atoms with Gasteiger partial charge in [-0.3, -0.25) is 9.59 Å². The fourth-order valence-electron chi connectivity index (χ4n) is 5.56. The first-order valence-corrected chi connectivity index (χ1v) is 14.8. The number of carbonyl (C=O) groups excluding carboxylic acids is 2. The molecule has 3 heterocycles. The summed E-state index contributed by atoms with van der Waals surface area (Å²) < 4.78 is 1.76. The van der Waals surface area contributed by atoms with Crippen molar-refractivity contribution >= 4 is 40.3 Å². The maximum atomic E-state index is 12.9. The van der Waals surface area contributed by atoms with Crippen LogP contribution in [0.2, 0.25) is 0 Å². The molecule has 9 heteroatoms. The van der Waals surface area contributed by atoms with Gasteiger partial charge in [-0.15, -0.1) is 0 Å². The molecular weight excluding hydrogens is 562 g/mol. The molecule has 4 N–H and O–H groups in total. The van der Waals surface area contributed by atoms with Gasteiger partial charge in [0.25, 0.3) is 5.91 Å². The minimum absolute atomic E-state index is 0.102. The molecule has 7 rings (SSSR count). The van der Waals surface area contributed by atoms with Gasteiger partial charge >= 0.3 is 0 Å². The van der Waals surface area contributed by atoms with Gasteiger partial charge in [0.2, 0.25) is 11.9 Å². The highest BCUT2D eigenvalue weighted by Crippen LogP contribution is 2.28. The van der Waals surface area contributed by atoms with Crippen molar-refractivity contribution in [1.82, 2.24) is 19.9 Å². The molecular formula is C36H31N7O2. The lowest BCUT2D eigenvalue weighted by Gasteiger charge is -2.17. The smallest absolute Gasteiger partial charge is 0.255 e. The fraction of sp³-hybridized carbons (Fsp3) is 0.111. The van der Waals surface area contributed by atoms with E-state index in [1.54, 1.807) is 10.7 Å². The minimum Gasteiger partial charge on any atom is -0.326 e. The molecule has 0 radical (unpaired) electrons. The first kappa shape index (κ1) is 28.0. The molecule has 0 spiro atoms. The van der Waals surface area contributed by atoms with Gasteiger partial charge in [0.1, 0.15) is 0 Å². The Morgan fingerprint density at radius 1 is 0.756 bits per heavy atom. The molecule has 222 valence electrons. The third-order valence-corrected chi connectivity index (χ3v) is 7.83. The predicted molar refractivity (Wildman–Crippen MR) is 178 cm³/mol. The third kappa shape index (κ3) is 6.15. The van der Waals surface area contributed by atoms with E-state index in [-0.39, 0.29) is 11.8 Å². The molecule has 1 aliphatic heterocycles. The van der Waals surface area contributed by atoms with Crippen molar-refractivity contribution in [2.45, 2.75) is 19.9 Å². The molecule has 9 nitrogen and oxygen atoms in total. The van der Waals surface area contributed by atoms with Gasteiger partial charge in [0.15, 0.2) is 0 Å². The highest BCUT2D eigenvalue weighted by atomic mass is 16.2. The summed E-state index contributed by atoms with van der Waals surface area (Å²) >= 11 is 0. The van der Waals surface area contributed by atoms with E-state index < -0.39 is 0 Å². The van der Waals surface area contributed by atoms with Crippen LogP contribution in [-0.2, 0) is 17.8 Å². The SMILES string of the molecule is CC(=O)Nc1cccc(-c2ccc(-c3cc4ccnn4c(Nc4ccc(NC(=O)c5ccc6c(c5)CCNC6)cc4)n3)cc2)c1. The first-order chi connectivity index (χ1) is 22.0. The molecule has 1 aliphatic rings. The molecule has 0 saturated carbocycles. The topological polar surface area (TPSA) is 112 Å². The number of hydrogen-bond acceptors (Lipinski definition) is 6. The Labute approximate surface area is 260 Å². The Morgan fingerprint density at radius 3 is 2.38 bits per heavy atom. The van der Waals surface area contributed by atoms with E-state index in [4.69, 9.17) is 4.98 Å². The average molecular weight is 594 g/mol. The molecule has 0 aliphatic carbocycles. The second kappa shape index (κ2) is 12.1. The van der Waals surface area contributed by atoms with E-state index in [2.05, 4.69) is 26.4 Å². The summed E-state index contributed by atoms with van der Waals surface area (Å²) in [7, 11) is 0. The largest absolute Gasteiger partial charge is 0.326 e. The molecule has 2 aromatic heterocycles. The van der Waals surface area contributed by atoms with Gasteiger partial charge in [-0.1, -0.05) is 42.5 Å². The second-order valence-electron chi connectivity index (χ2n) is 11.0. The van der Waals surface area contributed by atoms with E-state index in [0.29, 0.717) is 17.2 Å². The predicted octanol–water partition coefficient (Wildman–Crippen LogP) is 6.66. The van der Waals surface area contributed by atoms with Crippen LogP contribution in [0.4, 0.5) is 23.0 Å². The van der Waals surface area contributed by atoms with Crippen LogP contribution in [0.25, 0.3) is 27.9 Å². The zero-order valence-electron chi connectivity index (χ0n) is 24.7. The number of benzene rings is 4. The molecule has 45 heavy (non-hydrogen) atoms. The molecule has 6 aromatic rings. The number of amides is 2. The van der Waals surface area contributed by atoms with Gasteiger partial charge in [0, 0.05) is 41.7 Å². The number of nitrogens with one attached hydrogen (secondary N) is 4. The summed E-state index contributed by atoms with van der Waals surface area (Å²) in [6, 6.07) is 33.3. The van der Waals surface area contributed by atoms with Crippen molar-refractivity contribution in [3.05, 3.63) is 126 Å². The van der Waals surface area contributed by atoms with Crippen LogP contribution >= 0.6 is 0 Å². The molecule has 0 saturated heterocycles.